The summed E-state index contributed by atoms with van der Waals surface area (Å²) in [5.41, 5.74) is 1.78. The van der Waals surface area contributed by atoms with Crippen molar-refractivity contribution in [2.45, 2.75) is 19.8 Å². The monoisotopic (exact) mass is 297 g/mol. The first-order valence-electron chi connectivity index (χ1n) is 6.25. The van der Waals surface area contributed by atoms with E-state index >= 15 is 0 Å². The molecule has 21 heavy (non-hydrogen) atoms. The van der Waals surface area contributed by atoms with E-state index in [2.05, 4.69) is 10.1 Å². The molecule has 0 aliphatic rings. The summed E-state index contributed by atoms with van der Waals surface area (Å²) in [6.45, 7) is -2.71. The molecule has 0 atom stereocenters. The highest BCUT2D eigenvalue weighted by molar-refractivity contribution is 5.56. The Bertz CT molecular complexity index is 588. The van der Waals surface area contributed by atoms with Gasteiger partial charge in [0.25, 0.3) is 0 Å². The molecule has 6 heteroatoms. The van der Waals surface area contributed by atoms with E-state index in [4.69, 9.17) is 5.11 Å². The van der Waals surface area contributed by atoms with E-state index in [0.29, 0.717) is 6.54 Å². The van der Waals surface area contributed by atoms with E-state index in [1.807, 2.05) is 0 Å². The van der Waals surface area contributed by atoms with E-state index in [9.17, 15) is 13.2 Å². The summed E-state index contributed by atoms with van der Waals surface area (Å²) < 4.78 is 42.1. The number of hydrogen-bond donors (Lipinski definition) is 2. The number of hydrogen-bond acceptors (Lipinski definition) is 3. The fourth-order valence-corrected chi connectivity index (χ4v) is 1.80. The molecule has 0 aromatic heterocycles. The summed E-state index contributed by atoms with van der Waals surface area (Å²) in [5.74, 6) is -0.659. The van der Waals surface area contributed by atoms with Crippen LogP contribution in [-0.2, 0) is 13.2 Å². The lowest BCUT2D eigenvalue weighted by Crippen LogP contribution is -2.07. The Morgan fingerprint density at radius 1 is 1.05 bits per heavy atom. The van der Waals surface area contributed by atoms with E-state index < -0.39 is 12.4 Å². The van der Waals surface area contributed by atoms with Gasteiger partial charge in [0.05, 0.1) is 12.3 Å². The zero-order valence-corrected chi connectivity index (χ0v) is 11.0. The van der Waals surface area contributed by atoms with Crippen LogP contribution in [0.2, 0.25) is 0 Å². The number of aliphatic hydroxyl groups is 1. The molecular formula is C15H14F3NO2. The Morgan fingerprint density at radius 2 is 1.71 bits per heavy atom. The van der Waals surface area contributed by atoms with Crippen molar-refractivity contribution in [3.8, 4) is 5.75 Å². The molecule has 0 radical (unpaired) electrons. The molecule has 0 heterocycles. The second kappa shape index (κ2) is 6.99. The second-order valence-electron chi connectivity index (χ2n) is 4.35. The maximum absolute atomic E-state index is 13.2. The van der Waals surface area contributed by atoms with Crippen LogP contribution in [0.3, 0.4) is 0 Å². The predicted molar refractivity (Wildman–Crippen MR) is 72.7 cm³/mol. The molecule has 0 spiro atoms. The maximum atomic E-state index is 13.2. The van der Waals surface area contributed by atoms with Crippen LogP contribution in [0.1, 0.15) is 11.1 Å². The molecule has 0 unspecified atom stereocenters. The summed E-state index contributed by atoms with van der Waals surface area (Å²) >= 11 is 0. The molecule has 0 bridgehead atoms. The minimum absolute atomic E-state index is 0.0516. The van der Waals surface area contributed by atoms with Crippen molar-refractivity contribution in [3.63, 3.8) is 0 Å². The Hall–Kier alpha value is -2.21. The molecule has 3 nitrogen and oxygen atoms in total. The minimum atomic E-state index is -2.97. The molecular weight excluding hydrogens is 283 g/mol. The third kappa shape index (κ3) is 4.39. The van der Waals surface area contributed by atoms with Crippen molar-refractivity contribution >= 4 is 5.69 Å². The van der Waals surface area contributed by atoms with Gasteiger partial charge in [-0.15, -0.1) is 0 Å². The van der Waals surface area contributed by atoms with Gasteiger partial charge in [-0.05, 0) is 23.3 Å². The molecule has 2 aromatic rings. The molecule has 0 amide bonds. The first kappa shape index (κ1) is 15.2. The van der Waals surface area contributed by atoms with Crippen molar-refractivity contribution in [3.05, 3.63) is 59.4 Å². The number of aliphatic hydroxyl groups excluding tert-OH is 1. The van der Waals surface area contributed by atoms with Gasteiger partial charge in [-0.1, -0.05) is 24.3 Å². The van der Waals surface area contributed by atoms with Crippen molar-refractivity contribution < 1.29 is 23.0 Å². The minimum Gasteiger partial charge on any atom is -0.433 e. The van der Waals surface area contributed by atoms with Gasteiger partial charge in [0.1, 0.15) is 11.6 Å². The van der Waals surface area contributed by atoms with Crippen LogP contribution < -0.4 is 10.1 Å². The predicted octanol–water partition coefficient (Wildman–Crippen LogP) is 3.53. The Labute approximate surface area is 120 Å². The number of anilines is 1. The zero-order chi connectivity index (χ0) is 15.2. The Morgan fingerprint density at radius 3 is 2.33 bits per heavy atom. The van der Waals surface area contributed by atoms with E-state index in [1.54, 1.807) is 24.3 Å². The van der Waals surface area contributed by atoms with Crippen LogP contribution in [0.25, 0.3) is 0 Å². The quantitative estimate of drug-likeness (QED) is 0.857. The molecule has 0 saturated carbocycles. The zero-order valence-electron chi connectivity index (χ0n) is 11.0. The highest BCUT2D eigenvalue weighted by Gasteiger charge is 2.10. The lowest BCUT2D eigenvalue weighted by Gasteiger charge is -2.13. The van der Waals surface area contributed by atoms with E-state index in [0.717, 1.165) is 29.3 Å². The van der Waals surface area contributed by atoms with Crippen LogP contribution in [0.5, 0.6) is 5.75 Å². The molecule has 112 valence electrons. The maximum Gasteiger partial charge on any atom is 0.387 e. The molecule has 0 aliphatic carbocycles. The van der Waals surface area contributed by atoms with E-state index in [-0.39, 0.29) is 18.0 Å². The van der Waals surface area contributed by atoms with Gasteiger partial charge in [-0.25, -0.2) is 4.39 Å². The molecule has 0 fully saturated rings. The molecule has 0 aliphatic heterocycles. The topological polar surface area (TPSA) is 41.5 Å². The van der Waals surface area contributed by atoms with Gasteiger partial charge in [-0.3, -0.25) is 0 Å². The molecule has 2 N–H and O–H groups in total. The first-order chi connectivity index (χ1) is 10.1. The average molecular weight is 297 g/mol. The third-order valence-electron chi connectivity index (χ3n) is 2.85. The second-order valence-corrected chi connectivity index (χ2v) is 4.35. The Balaban J connectivity index is 2.08. The number of halogens is 3. The first-order valence-corrected chi connectivity index (χ1v) is 6.25. The summed E-state index contributed by atoms with van der Waals surface area (Å²) in [4.78, 5) is 0. The SMILES string of the molecule is OCc1ccc(CNc2cc(F)ccc2OC(F)F)cc1. The lowest BCUT2D eigenvalue weighted by molar-refractivity contribution is -0.0494. The molecule has 2 rings (SSSR count). The Kier molecular flexibility index (Phi) is 5.05. The van der Waals surface area contributed by atoms with Crippen LogP contribution in [0.4, 0.5) is 18.9 Å². The summed E-state index contributed by atoms with van der Waals surface area (Å²) in [5, 5.41) is 11.8. The highest BCUT2D eigenvalue weighted by atomic mass is 19.3. The van der Waals surface area contributed by atoms with Gasteiger partial charge < -0.3 is 15.2 Å². The standard InChI is InChI=1S/C15H14F3NO2/c16-12-5-6-14(21-15(17)18)13(7-12)19-8-10-1-3-11(9-20)4-2-10/h1-7,15,19-20H,8-9H2. The number of alkyl halides is 2. The van der Waals surface area contributed by atoms with Crippen LogP contribution in [0.15, 0.2) is 42.5 Å². The number of ether oxygens (including phenoxy) is 1. The van der Waals surface area contributed by atoms with Crippen molar-refractivity contribution in [2.75, 3.05) is 5.32 Å². The summed E-state index contributed by atoms with van der Waals surface area (Å²) in [6, 6.07) is 10.4. The van der Waals surface area contributed by atoms with E-state index in [1.165, 1.54) is 0 Å². The van der Waals surface area contributed by atoms with Crippen LogP contribution in [-0.4, -0.2) is 11.7 Å². The van der Waals surface area contributed by atoms with Gasteiger partial charge in [0.15, 0.2) is 0 Å². The molecule has 0 saturated heterocycles. The highest BCUT2D eigenvalue weighted by Crippen LogP contribution is 2.27. The smallest absolute Gasteiger partial charge is 0.387 e. The number of rotatable bonds is 6. The number of nitrogens with one attached hydrogen (secondary N) is 1. The summed E-state index contributed by atoms with van der Waals surface area (Å²) in [6.07, 6.45) is 0. The number of benzene rings is 2. The average Bonchev–Trinajstić information content (AvgIpc) is 2.47. The van der Waals surface area contributed by atoms with Gasteiger partial charge >= 0.3 is 6.61 Å². The molecule has 2 aromatic carbocycles. The van der Waals surface area contributed by atoms with Crippen LogP contribution in [0, 0.1) is 5.82 Å². The van der Waals surface area contributed by atoms with Crippen molar-refractivity contribution in [2.24, 2.45) is 0 Å². The van der Waals surface area contributed by atoms with Gasteiger partial charge in [-0.2, -0.15) is 8.78 Å². The normalized spacial score (nSPS) is 10.7. The summed E-state index contributed by atoms with van der Waals surface area (Å²) in [7, 11) is 0. The fraction of sp³-hybridized carbons (Fsp3) is 0.200. The van der Waals surface area contributed by atoms with Gasteiger partial charge in [0, 0.05) is 12.6 Å². The van der Waals surface area contributed by atoms with Crippen LogP contribution >= 0.6 is 0 Å². The largest absolute Gasteiger partial charge is 0.433 e. The van der Waals surface area contributed by atoms with Crippen molar-refractivity contribution in [1.82, 2.24) is 0 Å². The van der Waals surface area contributed by atoms with Gasteiger partial charge in [0.2, 0.25) is 0 Å². The lowest BCUT2D eigenvalue weighted by atomic mass is 10.1. The van der Waals surface area contributed by atoms with Crippen molar-refractivity contribution in [1.29, 1.82) is 0 Å². The fourth-order valence-electron chi connectivity index (χ4n) is 1.80. The third-order valence-corrected chi connectivity index (χ3v) is 2.85.